The predicted molar refractivity (Wildman–Crippen MR) is 28.0 cm³/mol. The molecule has 42 valence electrons. The first-order valence-corrected chi connectivity index (χ1v) is 2.81. The summed E-state index contributed by atoms with van der Waals surface area (Å²) in [4.78, 5) is 0. The van der Waals surface area contributed by atoms with Crippen LogP contribution in [0.1, 0.15) is 12.8 Å². The highest BCUT2D eigenvalue weighted by Crippen LogP contribution is 2.12. The molecule has 2 unspecified atom stereocenters. The summed E-state index contributed by atoms with van der Waals surface area (Å²) in [5, 5.41) is 11.4. The fourth-order valence-corrected chi connectivity index (χ4v) is 0.951. The molecule has 1 aliphatic rings. The largest absolute Gasteiger partial charge is 0.379 e. The molecule has 0 bridgehead atoms. The summed E-state index contributed by atoms with van der Waals surface area (Å²) < 4.78 is 0. The van der Waals surface area contributed by atoms with Crippen molar-refractivity contribution in [1.82, 2.24) is 5.32 Å². The molecule has 3 heteroatoms. The Hall–Kier alpha value is 0.210. The maximum absolute atomic E-state index is 8.70. The molecule has 1 saturated heterocycles. The first kappa shape index (κ1) is 5.35. The van der Waals surface area contributed by atoms with Gasteiger partial charge in [-0.1, -0.05) is 0 Å². The molecule has 0 spiro atoms. The highest BCUT2D eigenvalue weighted by molar-refractivity contribution is 6.20. The Balaban J connectivity index is 2.26. The lowest BCUT2D eigenvalue weighted by Gasteiger charge is -1.99. The van der Waals surface area contributed by atoms with Crippen molar-refractivity contribution in [2.75, 3.05) is 0 Å². The summed E-state index contributed by atoms with van der Waals surface area (Å²) in [6.45, 7) is 0. The summed E-state index contributed by atoms with van der Waals surface area (Å²) in [5.74, 6) is 0. The van der Waals surface area contributed by atoms with E-state index < -0.39 is 0 Å². The van der Waals surface area contributed by atoms with Crippen LogP contribution in [0.2, 0.25) is 0 Å². The zero-order valence-corrected chi connectivity index (χ0v) is 4.65. The number of hydrogen-bond acceptors (Lipinski definition) is 2. The Labute approximate surface area is 47.5 Å². The van der Waals surface area contributed by atoms with E-state index >= 15 is 0 Å². The summed E-state index contributed by atoms with van der Waals surface area (Å²) in [7, 11) is 0. The quantitative estimate of drug-likeness (QED) is 0.356. The summed E-state index contributed by atoms with van der Waals surface area (Å²) in [6.07, 6.45) is 1.30. The van der Waals surface area contributed by atoms with E-state index in [4.69, 9.17) is 16.7 Å². The fourth-order valence-electron chi connectivity index (χ4n) is 0.680. The lowest BCUT2D eigenvalue weighted by molar-refractivity contribution is 0.159. The Morgan fingerprint density at radius 2 is 2.29 bits per heavy atom. The molecular weight excluding hydrogens is 114 g/mol. The zero-order chi connectivity index (χ0) is 5.28. The van der Waals surface area contributed by atoms with Crippen LogP contribution in [0.5, 0.6) is 0 Å². The van der Waals surface area contributed by atoms with Crippen molar-refractivity contribution in [3.63, 3.8) is 0 Å². The molecule has 2 atom stereocenters. The van der Waals surface area contributed by atoms with Crippen molar-refractivity contribution in [1.29, 1.82) is 0 Å². The Morgan fingerprint density at radius 1 is 1.57 bits per heavy atom. The number of hydrogen-bond donors (Lipinski definition) is 2. The van der Waals surface area contributed by atoms with Crippen LogP contribution in [0.25, 0.3) is 0 Å². The van der Waals surface area contributed by atoms with Gasteiger partial charge in [-0.15, -0.1) is 11.6 Å². The summed E-state index contributed by atoms with van der Waals surface area (Å²) in [5.41, 5.74) is -0.00463. The van der Waals surface area contributed by atoms with E-state index in [1.807, 2.05) is 0 Å². The average molecular weight is 122 g/mol. The fraction of sp³-hybridized carbons (Fsp3) is 1.00. The standard InChI is InChI=1S/C4H8ClNO/c5-3-1-2-4(7)6-3/h3-4,6-7H,1-2H2. The van der Waals surface area contributed by atoms with Gasteiger partial charge in [0.2, 0.25) is 0 Å². The smallest absolute Gasteiger partial charge is 0.106 e. The second kappa shape index (κ2) is 1.99. The third-order valence-electron chi connectivity index (χ3n) is 1.07. The van der Waals surface area contributed by atoms with E-state index in [0.717, 1.165) is 12.8 Å². The highest BCUT2D eigenvalue weighted by Gasteiger charge is 2.17. The van der Waals surface area contributed by atoms with E-state index in [2.05, 4.69) is 5.32 Å². The van der Waals surface area contributed by atoms with Crippen LogP contribution < -0.4 is 5.32 Å². The van der Waals surface area contributed by atoms with E-state index in [0.29, 0.717) is 0 Å². The molecule has 0 radical (unpaired) electrons. The maximum Gasteiger partial charge on any atom is 0.106 e. The molecule has 0 aromatic carbocycles. The number of alkyl halides is 1. The topological polar surface area (TPSA) is 32.3 Å². The molecule has 1 aliphatic heterocycles. The lowest BCUT2D eigenvalue weighted by Crippen LogP contribution is -2.24. The van der Waals surface area contributed by atoms with Crippen LogP contribution in [-0.2, 0) is 0 Å². The van der Waals surface area contributed by atoms with Crippen LogP contribution in [0.3, 0.4) is 0 Å². The van der Waals surface area contributed by atoms with Crippen molar-refractivity contribution in [3.05, 3.63) is 0 Å². The number of aliphatic hydroxyl groups is 1. The van der Waals surface area contributed by atoms with E-state index in [9.17, 15) is 0 Å². The molecule has 1 heterocycles. The number of halogens is 1. The minimum atomic E-state index is -0.359. The van der Waals surface area contributed by atoms with Gasteiger partial charge in [-0.05, 0) is 12.8 Å². The molecule has 0 amide bonds. The van der Waals surface area contributed by atoms with Crippen molar-refractivity contribution < 1.29 is 5.11 Å². The minimum Gasteiger partial charge on any atom is -0.379 e. The van der Waals surface area contributed by atoms with E-state index in [-0.39, 0.29) is 11.7 Å². The number of rotatable bonds is 0. The van der Waals surface area contributed by atoms with E-state index in [1.165, 1.54) is 0 Å². The predicted octanol–water partition coefficient (Wildman–Crippen LogP) is 0.253. The third kappa shape index (κ3) is 1.30. The van der Waals surface area contributed by atoms with Gasteiger partial charge in [-0.2, -0.15) is 0 Å². The van der Waals surface area contributed by atoms with Gasteiger partial charge in [-0.3, -0.25) is 5.32 Å². The molecule has 0 saturated carbocycles. The van der Waals surface area contributed by atoms with Gasteiger partial charge in [0, 0.05) is 0 Å². The van der Waals surface area contributed by atoms with Gasteiger partial charge in [0.25, 0.3) is 0 Å². The summed E-state index contributed by atoms with van der Waals surface area (Å²) >= 11 is 5.54. The second-order valence-electron chi connectivity index (χ2n) is 1.73. The first-order valence-electron chi connectivity index (χ1n) is 2.37. The molecule has 0 aliphatic carbocycles. The van der Waals surface area contributed by atoms with Crippen LogP contribution in [0, 0.1) is 0 Å². The Bertz CT molecular complexity index is 60.7. The second-order valence-corrected chi connectivity index (χ2v) is 2.25. The SMILES string of the molecule is OC1CCC(Cl)N1. The maximum atomic E-state index is 8.70. The van der Waals surface area contributed by atoms with Crippen LogP contribution >= 0.6 is 11.6 Å². The molecule has 2 nitrogen and oxygen atoms in total. The summed E-state index contributed by atoms with van der Waals surface area (Å²) in [6, 6.07) is 0. The molecular formula is C4H8ClNO. The molecule has 1 rings (SSSR count). The third-order valence-corrected chi connectivity index (χ3v) is 1.41. The van der Waals surface area contributed by atoms with Gasteiger partial charge in [-0.25, -0.2) is 0 Å². The van der Waals surface area contributed by atoms with Crippen molar-refractivity contribution in [2.45, 2.75) is 24.6 Å². The zero-order valence-electron chi connectivity index (χ0n) is 3.89. The monoisotopic (exact) mass is 121 g/mol. The molecule has 2 N–H and O–H groups in total. The van der Waals surface area contributed by atoms with Gasteiger partial charge >= 0.3 is 0 Å². The molecule has 7 heavy (non-hydrogen) atoms. The van der Waals surface area contributed by atoms with Crippen LogP contribution in [-0.4, -0.2) is 16.8 Å². The molecule has 0 aromatic rings. The van der Waals surface area contributed by atoms with Gasteiger partial charge < -0.3 is 5.11 Å². The van der Waals surface area contributed by atoms with Gasteiger partial charge in [0.1, 0.15) is 6.23 Å². The average Bonchev–Trinajstić information content (AvgIpc) is 1.87. The van der Waals surface area contributed by atoms with Gasteiger partial charge in [0.05, 0.1) is 5.50 Å². The number of nitrogens with one attached hydrogen (secondary N) is 1. The highest BCUT2D eigenvalue weighted by atomic mass is 35.5. The molecule has 0 aromatic heterocycles. The van der Waals surface area contributed by atoms with Crippen molar-refractivity contribution in [2.24, 2.45) is 0 Å². The Kier molecular flexibility index (Phi) is 1.52. The van der Waals surface area contributed by atoms with Gasteiger partial charge in [0.15, 0.2) is 0 Å². The van der Waals surface area contributed by atoms with Crippen molar-refractivity contribution in [3.8, 4) is 0 Å². The lowest BCUT2D eigenvalue weighted by atomic mass is 10.4. The number of aliphatic hydroxyl groups excluding tert-OH is 1. The minimum absolute atomic E-state index is 0.00463. The van der Waals surface area contributed by atoms with Crippen molar-refractivity contribution >= 4 is 11.6 Å². The Morgan fingerprint density at radius 3 is 2.43 bits per heavy atom. The molecule has 1 fully saturated rings. The van der Waals surface area contributed by atoms with Crippen LogP contribution in [0.15, 0.2) is 0 Å². The normalized spacial score (nSPS) is 42.0. The first-order chi connectivity index (χ1) is 3.29. The van der Waals surface area contributed by atoms with Crippen LogP contribution in [0.4, 0.5) is 0 Å². The van der Waals surface area contributed by atoms with E-state index in [1.54, 1.807) is 0 Å².